The zero-order valence-electron chi connectivity index (χ0n) is 15.6. The number of aryl methyl sites for hydroxylation is 1. The number of nitrogens with zero attached hydrogens (tertiary/aromatic N) is 1. The summed E-state index contributed by atoms with van der Waals surface area (Å²) in [6.07, 6.45) is -0.865. The highest BCUT2D eigenvalue weighted by molar-refractivity contribution is 7.86. The number of piperidine rings is 1. The first-order valence-electron chi connectivity index (χ1n) is 8.60. The van der Waals surface area contributed by atoms with Gasteiger partial charge in [-0.2, -0.15) is 8.42 Å². The summed E-state index contributed by atoms with van der Waals surface area (Å²) in [4.78, 5) is 13.7. The van der Waals surface area contributed by atoms with Gasteiger partial charge in [0.25, 0.3) is 10.1 Å². The molecule has 1 saturated heterocycles. The maximum absolute atomic E-state index is 12.3. The Labute approximate surface area is 155 Å². The number of benzene rings is 1. The summed E-state index contributed by atoms with van der Waals surface area (Å²) in [6, 6.07) is 6.34. The number of aliphatic hydroxyl groups is 1. The lowest BCUT2D eigenvalue weighted by molar-refractivity contribution is -0.0170. The third kappa shape index (κ3) is 5.69. The summed E-state index contributed by atoms with van der Waals surface area (Å²) in [5, 5.41) is 10.2. The van der Waals surface area contributed by atoms with Gasteiger partial charge in [0.05, 0.1) is 17.6 Å². The lowest BCUT2D eigenvalue weighted by Gasteiger charge is -2.36. The van der Waals surface area contributed by atoms with Gasteiger partial charge < -0.3 is 14.7 Å². The van der Waals surface area contributed by atoms with Crippen LogP contribution < -0.4 is 0 Å². The number of likely N-dealkylation sites (tertiary alicyclic amines) is 1. The minimum atomic E-state index is -3.91. The van der Waals surface area contributed by atoms with Gasteiger partial charge in [-0.25, -0.2) is 4.79 Å². The van der Waals surface area contributed by atoms with Gasteiger partial charge in [0.2, 0.25) is 0 Å². The first-order chi connectivity index (χ1) is 12.0. The van der Waals surface area contributed by atoms with Gasteiger partial charge in [-0.1, -0.05) is 17.7 Å². The van der Waals surface area contributed by atoms with Crippen LogP contribution in [0.5, 0.6) is 0 Å². The fourth-order valence-electron chi connectivity index (χ4n) is 2.63. The summed E-state index contributed by atoms with van der Waals surface area (Å²) in [5.41, 5.74) is 0.327. The van der Waals surface area contributed by atoms with E-state index in [2.05, 4.69) is 0 Å². The molecule has 0 aliphatic carbocycles. The molecule has 1 heterocycles. The zero-order chi connectivity index (χ0) is 19.5. The van der Waals surface area contributed by atoms with Crippen LogP contribution in [0.4, 0.5) is 4.79 Å². The minimum Gasteiger partial charge on any atom is -0.444 e. The quantitative estimate of drug-likeness (QED) is 0.800. The Kier molecular flexibility index (Phi) is 6.31. The van der Waals surface area contributed by atoms with Crippen LogP contribution in [0.15, 0.2) is 29.2 Å². The summed E-state index contributed by atoms with van der Waals surface area (Å²) in [5.74, 6) is -0.503. The smallest absolute Gasteiger partial charge is 0.410 e. The second kappa shape index (κ2) is 7.94. The van der Waals surface area contributed by atoms with E-state index in [1.54, 1.807) is 32.9 Å². The van der Waals surface area contributed by atoms with E-state index in [4.69, 9.17) is 8.92 Å². The third-order valence-electron chi connectivity index (χ3n) is 4.09. The van der Waals surface area contributed by atoms with Crippen molar-refractivity contribution in [1.29, 1.82) is 0 Å². The maximum Gasteiger partial charge on any atom is 0.410 e. The molecule has 1 aromatic rings. The summed E-state index contributed by atoms with van der Waals surface area (Å²) in [6.45, 7) is 7.53. The van der Waals surface area contributed by atoms with Gasteiger partial charge >= 0.3 is 6.09 Å². The molecule has 26 heavy (non-hydrogen) atoms. The molecular weight excluding hydrogens is 358 g/mol. The molecule has 0 spiro atoms. The molecule has 2 atom stereocenters. The normalized spacial score (nSPS) is 21.5. The van der Waals surface area contributed by atoms with Crippen molar-refractivity contribution >= 4 is 16.2 Å². The van der Waals surface area contributed by atoms with Crippen LogP contribution in [0.25, 0.3) is 0 Å². The van der Waals surface area contributed by atoms with Crippen molar-refractivity contribution in [3.05, 3.63) is 29.8 Å². The van der Waals surface area contributed by atoms with Crippen molar-refractivity contribution in [3.8, 4) is 0 Å². The van der Waals surface area contributed by atoms with Crippen LogP contribution >= 0.6 is 0 Å². The second-order valence-corrected chi connectivity index (χ2v) is 9.21. The highest BCUT2D eigenvalue weighted by atomic mass is 32.2. The van der Waals surface area contributed by atoms with Crippen molar-refractivity contribution in [2.75, 3.05) is 19.7 Å². The molecule has 8 heteroatoms. The van der Waals surface area contributed by atoms with Crippen LogP contribution in [-0.4, -0.2) is 55.9 Å². The molecule has 0 saturated carbocycles. The molecule has 0 aromatic heterocycles. The van der Waals surface area contributed by atoms with Crippen LogP contribution in [0.1, 0.15) is 32.8 Å². The minimum absolute atomic E-state index is 0.0670. The Morgan fingerprint density at radius 3 is 2.46 bits per heavy atom. The molecule has 0 bridgehead atoms. The Bertz CT molecular complexity index is 723. The van der Waals surface area contributed by atoms with E-state index >= 15 is 0 Å². The fraction of sp³-hybridized carbons (Fsp3) is 0.611. The third-order valence-corrected chi connectivity index (χ3v) is 5.39. The number of hydrogen-bond donors (Lipinski definition) is 1. The summed E-state index contributed by atoms with van der Waals surface area (Å²) in [7, 11) is -3.91. The van der Waals surface area contributed by atoms with E-state index in [0.29, 0.717) is 13.0 Å². The Hall–Kier alpha value is -1.64. The van der Waals surface area contributed by atoms with E-state index in [1.807, 2.05) is 6.92 Å². The standard InChI is InChI=1S/C18H27NO6S/c1-13-5-7-15(8-6-13)26(22,23)24-12-14-11-19(10-9-16(14)20)17(21)25-18(2,3)4/h5-8,14,16,20H,9-12H2,1-4H3/t14-,16+/m0/s1. The number of hydrogen-bond acceptors (Lipinski definition) is 6. The zero-order valence-corrected chi connectivity index (χ0v) is 16.5. The number of carbonyl (C=O) groups is 1. The van der Waals surface area contributed by atoms with Crippen LogP contribution in [0.2, 0.25) is 0 Å². The lowest BCUT2D eigenvalue weighted by Crippen LogP contribution is -2.49. The molecule has 2 rings (SSSR count). The van der Waals surface area contributed by atoms with Gasteiger partial charge in [-0.05, 0) is 46.2 Å². The van der Waals surface area contributed by atoms with Crippen molar-refractivity contribution in [1.82, 2.24) is 4.90 Å². The summed E-state index contributed by atoms with van der Waals surface area (Å²) < 4.78 is 35.0. The van der Waals surface area contributed by atoms with Crippen molar-refractivity contribution in [2.45, 2.75) is 50.7 Å². The first-order valence-corrected chi connectivity index (χ1v) is 10.0. The molecule has 7 nitrogen and oxygen atoms in total. The van der Waals surface area contributed by atoms with Gasteiger partial charge in [0, 0.05) is 19.0 Å². The SMILES string of the molecule is Cc1ccc(S(=O)(=O)OC[C@@H]2CN(C(=O)OC(C)(C)C)CC[C@H]2O)cc1. The summed E-state index contributed by atoms with van der Waals surface area (Å²) >= 11 is 0. The topological polar surface area (TPSA) is 93.1 Å². The molecule has 0 unspecified atom stereocenters. The Morgan fingerprint density at radius 1 is 1.27 bits per heavy atom. The van der Waals surface area contributed by atoms with Crippen molar-refractivity contribution in [3.63, 3.8) is 0 Å². The van der Waals surface area contributed by atoms with Gasteiger partial charge in [-0.15, -0.1) is 0 Å². The van der Waals surface area contributed by atoms with E-state index < -0.39 is 33.8 Å². The largest absolute Gasteiger partial charge is 0.444 e. The number of aliphatic hydroxyl groups excluding tert-OH is 1. The molecule has 146 valence electrons. The van der Waals surface area contributed by atoms with Crippen molar-refractivity contribution < 1.29 is 27.2 Å². The first kappa shape index (κ1) is 20.7. The van der Waals surface area contributed by atoms with E-state index in [-0.39, 0.29) is 18.0 Å². The lowest BCUT2D eigenvalue weighted by atomic mass is 9.96. The average molecular weight is 385 g/mol. The highest BCUT2D eigenvalue weighted by Crippen LogP contribution is 2.22. The monoisotopic (exact) mass is 385 g/mol. The second-order valence-electron chi connectivity index (χ2n) is 7.59. The van der Waals surface area contributed by atoms with Gasteiger partial charge in [-0.3, -0.25) is 4.18 Å². The average Bonchev–Trinajstić information content (AvgIpc) is 2.53. The molecule has 1 N–H and O–H groups in total. The Morgan fingerprint density at radius 2 is 1.88 bits per heavy atom. The van der Waals surface area contributed by atoms with E-state index in [1.165, 1.54) is 17.0 Å². The van der Waals surface area contributed by atoms with Crippen LogP contribution in [0.3, 0.4) is 0 Å². The maximum atomic E-state index is 12.3. The molecular formula is C18H27NO6S. The number of ether oxygens (including phenoxy) is 1. The molecule has 1 fully saturated rings. The molecule has 1 aliphatic rings. The number of amides is 1. The fourth-order valence-corrected chi connectivity index (χ4v) is 3.59. The molecule has 1 amide bonds. The molecule has 0 radical (unpaired) electrons. The van der Waals surface area contributed by atoms with E-state index in [9.17, 15) is 18.3 Å². The number of carbonyl (C=O) groups excluding carboxylic acids is 1. The highest BCUT2D eigenvalue weighted by Gasteiger charge is 2.33. The van der Waals surface area contributed by atoms with E-state index in [0.717, 1.165) is 5.56 Å². The van der Waals surface area contributed by atoms with Crippen LogP contribution in [-0.2, 0) is 19.0 Å². The predicted octanol–water partition coefficient (Wildman–Crippen LogP) is 2.32. The molecule has 1 aromatic carbocycles. The van der Waals surface area contributed by atoms with Crippen molar-refractivity contribution in [2.24, 2.45) is 5.92 Å². The van der Waals surface area contributed by atoms with Gasteiger partial charge in [0.15, 0.2) is 0 Å². The molecule has 1 aliphatic heterocycles. The number of rotatable bonds is 4. The predicted molar refractivity (Wildman–Crippen MR) is 96.2 cm³/mol. The Balaban J connectivity index is 1.99. The van der Waals surface area contributed by atoms with Crippen LogP contribution in [0, 0.1) is 12.8 Å². The van der Waals surface area contributed by atoms with Gasteiger partial charge in [0.1, 0.15) is 5.60 Å².